The Bertz CT molecular complexity index is 752. The van der Waals surface area contributed by atoms with Crippen LogP contribution >= 0.6 is 0 Å². The molecule has 2 aromatic carbocycles. The Morgan fingerprint density at radius 2 is 1.88 bits per heavy atom. The smallest absolute Gasteiger partial charge is 0.292 e. The van der Waals surface area contributed by atoms with Crippen molar-refractivity contribution in [1.29, 1.82) is 0 Å². The summed E-state index contributed by atoms with van der Waals surface area (Å²) in [5.41, 5.74) is 4.81. The van der Waals surface area contributed by atoms with Crippen molar-refractivity contribution in [2.24, 2.45) is 0 Å². The van der Waals surface area contributed by atoms with Crippen LogP contribution in [-0.2, 0) is 6.54 Å². The van der Waals surface area contributed by atoms with Gasteiger partial charge in [-0.3, -0.25) is 15.0 Å². The highest BCUT2D eigenvalue weighted by Gasteiger charge is 2.22. The second kappa shape index (κ2) is 7.66. The largest absolute Gasteiger partial charge is 0.377 e. The SMILES string of the molecule is Cc1ccc(C)c(CN2CCC(Nc3ccccc3[N+](=O)[O-])CC2)c1. The Morgan fingerprint density at radius 3 is 2.60 bits per heavy atom. The number of nitro benzene ring substituents is 1. The predicted molar refractivity (Wildman–Crippen MR) is 101 cm³/mol. The molecule has 132 valence electrons. The molecule has 5 nitrogen and oxygen atoms in total. The lowest BCUT2D eigenvalue weighted by molar-refractivity contribution is -0.384. The quantitative estimate of drug-likeness (QED) is 0.652. The minimum absolute atomic E-state index is 0.153. The lowest BCUT2D eigenvalue weighted by atomic mass is 10.0. The van der Waals surface area contributed by atoms with Gasteiger partial charge in [-0.25, -0.2) is 0 Å². The molecule has 3 rings (SSSR count). The fourth-order valence-electron chi connectivity index (χ4n) is 3.42. The van der Waals surface area contributed by atoms with Crippen molar-refractivity contribution in [2.45, 2.75) is 39.3 Å². The molecule has 1 heterocycles. The molecule has 1 aliphatic heterocycles. The van der Waals surface area contributed by atoms with Crippen molar-refractivity contribution < 1.29 is 4.92 Å². The summed E-state index contributed by atoms with van der Waals surface area (Å²) in [6, 6.07) is 13.8. The van der Waals surface area contributed by atoms with E-state index in [1.54, 1.807) is 18.2 Å². The van der Waals surface area contributed by atoms with Gasteiger partial charge in [0.25, 0.3) is 5.69 Å². The highest BCUT2D eigenvalue weighted by molar-refractivity contribution is 5.61. The summed E-state index contributed by atoms with van der Waals surface area (Å²) in [6.07, 6.45) is 1.99. The number of benzene rings is 2. The Kier molecular flexibility index (Phi) is 5.34. The van der Waals surface area contributed by atoms with E-state index in [9.17, 15) is 10.1 Å². The molecule has 1 aliphatic rings. The fourth-order valence-corrected chi connectivity index (χ4v) is 3.42. The van der Waals surface area contributed by atoms with E-state index in [0.717, 1.165) is 32.5 Å². The number of para-hydroxylation sites is 2. The number of nitro groups is 1. The van der Waals surface area contributed by atoms with Crippen molar-refractivity contribution >= 4 is 11.4 Å². The van der Waals surface area contributed by atoms with Crippen LogP contribution in [0.25, 0.3) is 0 Å². The number of piperidine rings is 1. The number of hydrogen-bond acceptors (Lipinski definition) is 4. The third kappa shape index (κ3) is 4.37. The summed E-state index contributed by atoms with van der Waals surface area (Å²) in [6.45, 7) is 7.28. The average Bonchev–Trinajstić information content (AvgIpc) is 2.60. The molecule has 0 bridgehead atoms. The number of nitrogens with zero attached hydrogens (tertiary/aromatic N) is 2. The van der Waals surface area contributed by atoms with Crippen molar-refractivity contribution in [3.8, 4) is 0 Å². The van der Waals surface area contributed by atoms with Gasteiger partial charge >= 0.3 is 0 Å². The van der Waals surface area contributed by atoms with Crippen LogP contribution in [0.2, 0.25) is 0 Å². The zero-order valence-electron chi connectivity index (χ0n) is 14.9. The third-order valence-corrected chi connectivity index (χ3v) is 4.95. The van der Waals surface area contributed by atoms with E-state index in [4.69, 9.17) is 0 Å². The van der Waals surface area contributed by atoms with Gasteiger partial charge < -0.3 is 5.32 Å². The van der Waals surface area contributed by atoms with E-state index in [0.29, 0.717) is 5.69 Å². The summed E-state index contributed by atoms with van der Waals surface area (Å²) in [5, 5.41) is 14.5. The minimum atomic E-state index is -0.321. The van der Waals surface area contributed by atoms with Crippen LogP contribution < -0.4 is 5.32 Å². The zero-order chi connectivity index (χ0) is 17.8. The maximum atomic E-state index is 11.1. The van der Waals surface area contributed by atoms with Crippen LogP contribution in [0.5, 0.6) is 0 Å². The molecule has 0 amide bonds. The lowest BCUT2D eigenvalue weighted by Crippen LogP contribution is -2.38. The van der Waals surface area contributed by atoms with Crippen molar-refractivity contribution in [2.75, 3.05) is 18.4 Å². The predicted octanol–water partition coefficient (Wildman–Crippen LogP) is 4.29. The maximum Gasteiger partial charge on any atom is 0.292 e. The first-order valence-electron chi connectivity index (χ1n) is 8.81. The number of rotatable bonds is 5. The molecule has 1 fully saturated rings. The fraction of sp³-hybridized carbons (Fsp3) is 0.400. The summed E-state index contributed by atoms with van der Waals surface area (Å²) in [5.74, 6) is 0. The topological polar surface area (TPSA) is 58.4 Å². The van der Waals surface area contributed by atoms with E-state index in [2.05, 4.69) is 42.3 Å². The molecule has 0 saturated carbocycles. The van der Waals surface area contributed by atoms with Gasteiger partial charge in [0.15, 0.2) is 0 Å². The number of hydrogen-bond donors (Lipinski definition) is 1. The summed E-state index contributed by atoms with van der Waals surface area (Å²) < 4.78 is 0. The van der Waals surface area contributed by atoms with E-state index in [1.165, 1.54) is 16.7 Å². The first-order valence-corrected chi connectivity index (χ1v) is 8.81. The molecule has 5 heteroatoms. The molecular formula is C20H25N3O2. The van der Waals surface area contributed by atoms with Gasteiger partial charge in [0.1, 0.15) is 5.69 Å². The molecule has 2 aromatic rings. The molecule has 0 aliphatic carbocycles. The third-order valence-electron chi connectivity index (χ3n) is 4.95. The van der Waals surface area contributed by atoms with Crippen LogP contribution in [0.1, 0.15) is 29.5 Å². The van der Waals surface area contributed by atoms with Crippen molar-refractivity contribution in [1.82, 2.24) is 4.90 Å². The molecule has 0 radical (unpaired) electrons. The highest BCUT2D eigenvalue weighted by atomic mass is 16.6. The summed E-state index contributed by atoms with van der Waals surface area (Å²) in [4.78, 5) is 13.3. The first-order chi connectivity index (χ1) is 12.0. The average molecular weight is 339 g/mol. The zero-order valence-corrected chi connectivity index (χ0v) is 14.9. The van der Waals surface area contributed by atoms with E-state index in [1.807, 2.05) is 6.07 Å². The Hall–Kier alpha value is -2.40. The molecule has 0 unspecified atom stereocenters. The minimum Gasteiger partial charge on any atom is -0.377 e. The van der Waals surface area contributed by atoms with Gasteiger partial charge in [-0.05, 0) is 43.9 Å². The number of nitrogens with one attached hydrogen (secondary N) is 1. The van der Waals surface area contributed by atoms with Crippen LogP contribution in [0.3, 0.4) is 0 Å². The van der Waals surface area contributed by atoms with E-state index < -0.39 is 0 Å². The molecule has 0 atom stereocenters. The van der Waals surface area contributed by atoms with Crippen LogP contribution in [-0.4, -0.2) is 29.0 Å². The molecule has 0 spiro atoms. The van der Waals surface area contributed by atoms with E-state index >= 15 is 0 Å². The van der Waals surface area contributed by atoms with Crippen molar-refractivity contribution in [3.63, 3.8) is 0 Å². The summed E-state index contributed by atoms with van der Waals surface area (Å²) >= 11 is 0. The van der Waals surface area contributed by atoms with E-state index in [-0.39, 0.29) is 16.7 Å². The van der Waals surface area contributed by atoms with Gasteiger partial charge in [-0.1, -0.05) is 35.9 Å². The molecule has 0 aromatic heterocycles. The Balaban J connectivity index is 1.57. The van der Waals surface area contributed by atoms with Gasteiger partial charge in [-0.2, -0.15) is 0 Å². The van der Waals surface area contributed by atoms with Gasteiger partial charge in [0.05, 0.1) is 4.92 Å². The normalized spacial score (nSPS) is 15.9. The second-order valence-corrected chi connectivity index (χ2v) is 6.90. The van der Waals surface area contributed by atoms with Crippen LogP contribution in [0.15, 0.2) is 42.5 Å². The lowest BCUT2D eigenvalue weighted by Gasteiger charge is -2.33. The highest BCUT2D eigenvalue weighted by Crippen LogP contribution is 2.26. The number of likely N-dealkylation sites (tertiary alicyclic amines) is 1. The molecular weight excluding hydrogens is 314 g/mol. The van der Waals surface area contributed by atoms with Crippen LogP contribution in [0.4, 0.5) is 11.4 Å². The number of aryl methyl sites for hydroxylation is 2. The Labute approximate surface area is 148 Å². The Morgan fingerprint density at radius 1 is 1.16 bits per heavy atom. The van der Waals surface area contributed by atoms with Gasteiger partial charge in [0.2, 0.25) is 0 Å². The second-order valence-electron chi connectivity index (χ2n) is 6.90. The van der Waals surface area contributed by atoms with Gasteiger partial charge in [0, 0.05) is 31.7 Å². The summed E-state index contributed by atoms with van der Waals surface area (Å²) in [7, 11) is 0. The van der Waals surface area contributed by atoms with Gasteiger partial charge in [-0.15, -0.1) is 0 Å². The number of anilines is 1. The molecule has 1 N–H and O–H groups in total. The monoisotopic (exact) mass is 339 g/mol. The molecule has 1 saturated heterocycles. The maximum absolute atomic E-state index is 11.1. The van der Waals surface area contributed by atoms with Crippen LogP contribution in [0, 0.1) is 24.0 Å². The molecule has 25 heavy (non-hydrogen) atoms. The standard InChI is InChI=1S/C20H25N3O2/c1-15-7-8-16(2)17(13-15)14-22-11-9-18(10-12-22)21-19-5-3-4-6-20(19)23(24)25/h3-8,13,18,21H,9-12,14H2,1-2H3. The first kappa shape index (κ1) is 17.4. The van der Waals surface area contributed by atoms with Crippen molar-refractivity contribution in [3.05, 3.63) is 69.3 Å².